The van der Waals surface area contributed by atoms with Gasteiger partial charge in [0.1, 0.15) is 17.3 Å². The van der Waals surface area contributed by atoms with E-state index in [9.17, 15) is 0 Å². The van der Waals surface area contributed by atoms with E-state index in [1.54, 1.807) is 4.68 Å². The Hall–Kier alpha value is -1.78. The molecule has 1 atom stereocenters. The molecule has 2 aromatic rings. The quantitative estimate of drug-likeness (QED) is 0.800. The zero-order valence-corrected chi connectivity index (χ0v) is 8.77. The van der Waals surface area contributed by atoms with Crippen molar-refractivity contribution in [2.75, 3.05) is 0 Å². The molecule has 0 fully saturated rings. The molecular weight excluding hydrogens is 212 g/mol. The molecule has 0 aliphatic carbocycles. The minimum atomic E-state index is -0.220. The Kier molecular flexibility index (Phi) is 2.45. The molecule has 0 radical (unpaired) electrons. The van der Waals surface area contributed by atoms with E-state index in [4.69, 9.17) is 11.0 Å². The molecule has 0 bridgehead atoms. The Morgan fingerprint density at radius 3 is 3.00 bits per heavy atom. The molecule has 76 valence electrons. The minimum Gasteiger partial charge on any atom is -0.322 e. The van der Waals surface area contributed by atoms with Crippen LogP contribution in [0.4, 0.5) is 0 Å². The van der Waals surface area contributed by atoms with Gasteiger partial charge in [0.05, 0.1) is 12.2 Å². The van der Waals surface area contributed by atoms with E-state index in [-0.39, 0.29) is 6.04 Å². The van der Waals surface area contributed by atoms with E-state index >= 15 is 0 Å². The molecule has 7 heteroatoms. The normalized spacial score (nSPS) is 12.3. The fourth-order valence-corrected chi connectivity index (χ4v) is 1.80. The summed E-state index contributed by atoms with van der Waals surface area (Å²) in [7, 11) is 0. The molecule has 2 N–H and O–H groups in total. The fourth-order valence-electron chi connectivity index (χ4n) is 1.12. The molecule has 2 heterocycles. The lowest BCUT2D eigenvalue weighted by molar-refractivity contribution is 0.688. The first-order valence-electron chi connectivity index (χ1n) is 4.24. The van der Waals surface area contributed by atoms with Gasteiger partial charge >= 0.3 is 0 Å². The smallest absolute Gasteiger partial charge is 0.213 e. The van der Waals surface area contributed by atoms with Gasteiger partial charge in [-0.25, -0.2) is 9.97 Å². The van der Waals surface area contributed by atoms with E-state index in [0.717, 1.165) is 0 Å². The van der Waals surface area contributed by atoms with Crippen molar-refractivity contribution in [3.63, 3.8) is 0 Å². The highest BCUT2D eigenvalue weighted by molar-refractivity contribution is 7.14. The average Bonchev–Trinajstić information content (AvgIpc) is 2.85. The number of aromatic nitrogens is 4. The van der Waals surface area contributed by atoms with Crippen LogP contribution in [0.3, 0.4) is 0 Å². The van der Waals surface area contributed by atoms with Gasteiger partial charge in [-0.3, -0.25) is 0 Å². The van der Waals surface area contributed by atoms with Crippen LogP contribution in [0, 0.1) is 11.3 Å². The van der Waals surface area contributed by atoms with Gasteiger partial charge in [-0.15, -0.1) is 0 Å². The van der Waals surface area contributed by atoms with Crippen LogP contribution in [-0.4, -0.2) is 19.7 Å². The summed E-state index contributed by atoms with van der Waals surface area (Å²) >= 11 is 1.25. The molecule has 0 amide bonds. The van der Waals surface area contributed by atoms with Crippen LogP contribution in [0.2, 0.25) is 0 Å². The topological polar surface area (TPSA) is 93.4 Å². The molecule has 0 aliphatic heterocycles. The predicted octanol–water partition coefficient (Wildman–Crippen LogP) is 0.615. The first-order valence-corrected chi connectivity index (χ1v) is 5.06. The molecule has 0 spiro atoms. The number of thiazole rings is 1. The molecular formula is C8H8N6S. The van der Waals surface area contributed by atoms with Crippen molar-refractivity contribution in [3.8, 4) is 11.2 Å². The van der Waals surface area contributed by atoms with Crippen molar-refractivity contribution >= 4 is 11.3 Å². The summed E-state index contributed by atoms with van der Waals surface area (Å²) in [5.41, 5.74) is 5.72. The summed E-state index contributed by atoms with van der Waals surface area (Å²) in [5, 5.41) is 13.3. The number of nitrogens with zero attached hydrogens (tertiary/aromatic N) is 5. The predicted molar refractivity (Wildman–Crippen MR) is 54.3 cm³/mol. The second kappa shape index (κ2) is 3.76. The summed E-state index contributed by atoms with van der Waals surface area (Å²) < 4.78 is 1.55. The molecule has 0 aliphatic rings. The van der Waals surface area contributed by atoms with Crippen molar-refractivity contribution < 1.29 is 0 Å². The van der Waals surface area contributed by atoms with Gasteiger partial charge in [-0.2, -0.15) is 15.0 Å². The monoisotopic (exact) mass is 220 g/mol. The molecule has 2 rings (SSSR count). The zero-order valence-electron chi connectivity index (χ0n) is 7.95. The Morgan fingerprint density at radius 1 is 1.60 bits per heavy atom. The Bertz CT molecular complexity index is 505. The molecule has 2 aromatic heterocycles. The van der Waals surface area contributed by atoms with Crippen molar-refractivity contribution in [1.82, 2.24) is 19.7 Å². The Labute approximate surface area is 90.0 Å². The largest absolute Gasteiger partial charge is 0.322 e. The second-order valence-corrected chi connectivity index (χ2v) is 3.95. The Balaban J connectivity index is 2.45. The van der Waals surface area contributed by atoms with Crippen molar-refractivity contribution in [2.45, 2.75) is 13.0 Å². The molecule has 0 saturated carbocycles. The van der Waals surface area contributed by atoms with Crippen molar-refractivity contribution in [2.24, 2.45) is 5.73 Å². The first kappa shape index (κ1) is 9.76. The first-order chi connectivity index (χ1) is 7.22. The van der Waals surface area contributed by atoms with Gasteiger partial charge in [0.2, 0.25) is 5.13 Å². The number of hydrogen-bond acceptors (Lipinski definition) is 6. The van der Waals surface area contributed by atoms with Gasteiger partial charge in [0.25, 0.3) is 0 Å². The van der Waals surface area contributed by atoms with Crippen LogP contribution in [0.1, 0.15) is 23.7 Å². The maximum atomic E-state index is 8.68. The summed E-state index contributed by atoms with van der Waals surface area (Å²) in [6.45, 7) is 1.82. The maximum absolute atomic E-state index is 8.68. The third kappa shape index (κ3) is 1.72. The highest BCUT2D eigenvalue weighted by Crippen LogP contribution is 2.18. The lowest BCUT2D eigenvalue weighted by Crippen LogP contribution is -2.13. The van der Waals surface area contributed by atoms with Gasteiger partial charge < -0.3 is 5.73 Å². The third-order valence-electron chi connectivity index (χ3n) is 1.77. The molecule has 0 aromatic carbocycles. The van der Waals surface area contributed by atoms with Gasteiger partial charge in [0, 0.05) is 0 Å². The summed E-state index contributed by atoms with van der Waals surface area (Å²) in [4.78, 5) is 8.65. The van der Waals surface area contributed by atoms with Crippen LogP contribution in [-0.2, 0) is 0 Å². The lowest BCUT2D eigenvalue weighted by Gasteiger charge is -2.04. The summed E-state index contributed by atoms with van der Waals surface area (Å²) in [6.07, 6.45) is 2.93. The van der Waals surface area contributed by atoms with Gasteiger partial charge in [-0.1, -0.05) is 11.3 Å². The zero-order chi connectivity index (χ0) is 10.8. The van der Waals surface area contributed by atoms with Crippen molar-refractivity contribution in [1.29, 1.82) is 5.26 Å². The van der Waals surface area contributed by atoms with Crippen LogP contribution >= 0.6 is 11.3 Å². The van der Waals surface area contributed by atoms with Crippen LogP contribution < -0.4 is 5.73 Å². The van der Waals surface area contributed by atoms with E-state index in [1.165, 1.54) is 23.9 Å². The standard InChI is InChI=1S/C8H8N6S/c1-5(10)7-12-4-13-14(7)8-11-3-6(2-9)15-8/h3-5H,10H2,1H3. The average molecular weight is 220 g/mol. The number of nitrogens with two attached hydrogens (primary N) is 1. The van der Waals surface area contributed by atoms with E-state index in [1.807, 2.05) is 13.0 Å². The third-order valence-corrected chi connectivity index (χ3v) is 2.64. The fraction of sp³-hybridized carbons (Fsp3) is 0.250. The Morgan fingerprint density at radius 2 is 2.40 bits per heavy atom. The second-order valence-electron chi connectivity index (χ2n) is 2.94. The highest BCUT2D eigenvalue weighted by Gasteiger charge is 2.13. The molecule has 0 saturated heterocycles. The van der Waals surface area contributed by atoms with E-state index in [0.29, 0.717) is 15.8 Å². The van der Waals surface area contributed by atoms with Gasteiger partial charge in [-0.05, 0) is 6.92 Å². The number of rotatable bonds is 2. The van der Waals surface area contributed by atoms with E-state index < -0.39 is 0 Å². The number of hydrogen-bond donors (Lipinski definition) is 1. The molecule has 6 nitrogen and oxygen atoms in total. The maximum Gasteiger partial charge on any atom is 0.213 e. The highest BCUT2D eigenvalue weighted by atomic mass is 32.1. The summed E-state index contributed by atoms with van der Waals surface area (Å²) in [6, 6.07) is 1.80. The summed E-state index contributed by atoms with van der Waals surface area (Å²) in [5.74, 6) is 0.633. The van der Waals surface area contributed by atoms with E-state index in [2.05, 4.69) is 15.1 Å². The number of nitriles is 1. The minimum absolute atomic E-state index is 0.220. The molecule has 1 unspecified atom stereocenters. The van der Waals surface area contributed by atoms with Crippen molar-refractivity contribution in [3.05, 3.63) is 23.2 Å². The van der Waals surface area contributed by atoms with Gasteiger partial charge in [0.15, 0.2) is 5.82 Å². The SMILES string of the molecule is CC(N)c1ncnn1-c1ncc(C#N)s1. The lowest BCUT2D eigenvalue weighted by atomic mass is 10.3. The molecule has 15 heavy (non-hydrogen) atoms. The van der Waals surface area contributed by atoms with Crippen LogP contribution in [0.25, 0.3) is 5.13 Å². The van der Waals surface area contributed by atoms with Crippen LogP contribution in [0.5, 0.6) is 0 Å². The van der Waals surface area contributed by atoms with Crippen LogP contribution in [0.15, 0.2) is 12.5 Å².